The SMILES string of the molecule is COc1ccc2c(c1)CCCC2(O)CNC(=O)NC(C)C. The molecule has 0 fully saturated rings. The van der Waals surface area contributed by atoms with Gasteiger partial charge in [-0.1, -0.05) is 6.07 Å². The third-order valence-corrected chi connectivity index (χ3v) is 3.81. The van der Waals surface area contributed by atoms with Crippen LogP contribution >= 0.6 is 0 Å². The summed E-state index contributed by atoms with van der Waals surface area (Å²) in [7, 11) is 1.63. The molecule has 1 atom stereocenters. The number of urea groups is 1. The van der Waals surface area contributed by atoms with Crippen LogP contribution in [0.5, 0.6) is 5.75 Å². The van der Waals surface area contributed by atoms with Crippen molar-refractivity contribution in [3.8, 4) is 5.75 Å². The molecule has 5 heteroatoms. The van der Waals surface area contributed by atoms with Crippen molar-refractivity contribution in [1.29, 1.82) is 0 Å². The number of ether oxygens (including phenoxy) is 1. The Morgan fingerprint density at radius 1 is 1.48 bits per heavy atom. The highest BCUT2D eigenvalue weighted by Crippen LogP contribution is 2.36. The fraction of sp³-hybridized carbons (Fsp3) is 0.562. The van der Waals surface area contributed by atoms with Crippen molar-refractivity contribution < 1.29 is 14.6 Å². The summed E-state index contributed by atoms with van der Waals surface area (Å²) in [4.78, 5) is 11.7. The Hall–Kier alpha value is -1.75. The van der Waals surface area contributed by atoms with Crippen LogP contribution in [0.2, 0.25) is 0 Å². The van der Waals surface area contributed by atoms with Crippen molar-refractivity contribution in [1.82, 2.24) is 10.6 Å². The average Bonchev–Trinajstić information content (AvgIpc) is 2.44. The Balaban J connectivity index is 2.11. The zero-order valence-corrected chi connectivity index (χ0v) is 12.9. The van der Waals surface area contributed by atoms with E-state index in [1.54, 1.807) is 7.11 Å². The lowest BCUT2D eigenvalue weighted by Gasteiger charge is -2.35. The first-order valence-corrected chi connectivity index (χ1v) is 7.39. The standard InChI is InChI=1S/C16H24N2O3/c1-11(2)18-15(19)17-10-16(20)8-4-5-12-9-13(21-3)6-7-14(12)16/h6-7,9,11,20H,4-5,8,10H2,1-3H3,(H2,17,18,19). The molecule has 0 saturated heterocycles. The Bertz CT molecular complexity index is 516. The molecule has 0 heterocycles. The van der Waals surface area contributed by atoms with Crippen LogP contribution in [0.15, 0.2) is 18.2 Å². The number of methoxy groups -OCH3 is 1. The minimum atomic E-state index is -1.01. The molecule has 1 aliphatic carbocycles. The molecular formula is C16H24N2O3. The maximum atomic E-state index is 11.7. The molecule has 1 unspecified atom stereocenters. The van der Waals surface area contributed by atoms with Crippen LogP contribution in [0.1, 0.15) is 37.8 Å². The third kappa shape index (κ3) is 3.67. The second kappa shape index (κ2) is 6.35. The first-order chi connectivity index (χ1) is 9.94. The van der Waals surface area contributed by atoms with Crippen molar-refractivity contribution in [2.75, 3.05) is 13.7 Å². The number of aliphatic hydroxyl groups is 1. The summed E-state index contributed by atoms with van der Waals surface area (Å²) in [5.41, 5.74) is 0.974. The molecule has 5 nitrogen and oxygen atoms in total. The molecule has 0 bridgehead atoms. The van der Waals surface area contributed by atoms with Gasteiger partial charge in [0.2, 0.25) is 0 Å². The van der Waals surface area contributed by atoms with Gasteiger partial charge in [-0.15, -0.1) is 0 Å². The Kier molecular flexibility index (Phi) is 4.73. The van der Waals surface area contributed by atoms with E-state index in [0.29, 0.717) is 6.42 Å². The maximum absolute atomic E-state index is 11.7. The molecule has 1 aromatic carbocycles. The van der Waals surface area contributed by atoms with E-state index in [4.69, 9.17) is 4.74 Å². The number of benzene rings is 1. The van der Waals surface area contributed by atoms with Crippen LogP contribution in [0.4, 0.5) is 4.79 Å². The summed E-state index contributed by atoms with van der Waals surface area (Å²) in [6.07, 6.45) is 2.46. The van der Waals surface area contributed by atoms with Crippen LogP contribution in [0.25, 0.3) is 0 Å². The number of carbonyl (C=O) groups excluding carboxylic acids is 1. The minimum Gasteiger partial charge on any atom is -0.497 e. The molecule has 0 radical (unpaired) electrons. The van der Waals surface area contributed by atoms with Crippen molar-refractivity contribution in [3.63, 3.8) is 0 Å². The summed E-state index contributed by atoms with van der Waals surface area (Å²) >= 11 is 0. The number of hydrogen-bond acceptors (Lipinski definition) is 3. The highest BCUT2D eigenvalue weighted by Gasteiger charge is 2.34. The van der Waals surface area contributed by atoms with Crippen LogP contribution < -0.4 is 15.4 Å². The highest BCUT2D eigenvalue weighted by atomic mass is 16.5. The second-order valence-electron chi connectivity index (χ2n) is 5.89. The number of carbonyl (C=O) groups is 1. The van der Waals surface area contributed by atoms with E-state index >= 15 is 0 Å². The van der Waals surface area contributed by atoms with Gasteiger partial charge in [-0.3, -0.25) is 0 Å². The predicted octanol–water partition coefficient (Wildman–Crippen LogP) is 1.93. The van der Waals surface area contributed by atoms with Crippen molar-refractivity contribution in [3.05, 3.63) is 29.3 Å². The van der Waals surface area contributed by atoms with Gasteiger partial charge in [0.05, 0.1) is 13.7 Å². The van der Waals surface area contributed by atoms with Gasteiger partial charge < -0.3 is 20.5 Å². The number of aryl methyl sites for hydroxylation is 1. The topological polar surface area (TPSA) is 70.6 Å². The van der Waals surface area contributed by atoms with Gasteiger partial charge in [0.25, 0.3) is 0 Å². The monoisotopic (exact) mass is 292 g/mol. The van der Waals surface area contributed by atoms with E-state index in [0.717, 1.165) is 29.7 Å². The van der Waals surface area contributed by atoms with Crippen molar-refractivity contribution in [2.45, 2.75) is 44.8 Å². The number of fused-ring (bicyclic) bond motifs is 1. The van der Waals surface area contributed by atoms with Gasteiger partial charge in [-0.2, -0.15) is 0 Å². The lowest BCUT2D eigenvalue weighted by atomic mass is 9.79. The Labute approximate surface area is 125 Å². The molecule has 2 amide bonds. The van der Waals surface area contributed by atoms with Gasteiger partial charge in [0.1, 0.15) is 11.4 Å². The van der Waals surface area contributed by atoms with Crippen LogP contribution in [-0.4, -0.2) is 30.8 Å². The number of amides is 2. The van der Waals surface area contributed by atoms with E-state index in [1.807, 2.05) is 32.0 Å². The van der Waals surface area contributed by atoms with Crippen LogP contribution in [0.3, 0.4) is 0 Å². The summed E-state index contributed by atoms with van der Waals surface area (Å²) in [5.74, 6) is 0.795. The summed E-state index contributed by atoms with van der Waals surface area (Å²) in [5, 5.41) is 16.4. The van der Waals surface area contributed by atoms with Crippen molar-refractivity contribution in [2.24, 2.45) is 0 Å². The molecule has 2 rings (SSSR count). The predicted molar refractivity (Wildman–Crippen MR) is 81.5 cm³/mol. The van der Waals surface area contributed by atoms with Gasteiger partial charge in [-0.25, -0.2) is 4.79 Å². The molecule has 116 valence electrons. The zero-order chi connectivity index (χ0) is 15.5. The number of hydrogen-bond donors (Lipinski definition) is 3. The van der Waals surface area contributed by atoms with Crippen LogP contribution in [-0.2, 0) is 12.0 Å². The lowest BCUT2D eigenvalue weighted by Crippen LogP contribution is -2.47. The fourth-order valence-corrected chi connectivity index (χ4v) is 2.79. The van der Waals surface area contributed by atoms with Crippen molar-refractivity contribution >= 4 is 6.03 Å². The van der Waals surface area contributed by atoms with E-state index in [1.165, 1.54) is 0 Å². The Morgan fingerprint density at radius 2 is 2.24 bits per heavy atom. The summed E-state index contributed by atoms with van der Waals surface area (Å²) in [6.45, 7) is 4.01. The van der Waals surface area contributed by atoms with Gasteiger partial charge in [-0.05, 0) is 56.4 Å². The first kappa shape index (κ1) is 15.6. The minimum absolute atomic E-state index is 0.0718. The fourth-order valence-electron chi connectivity index (χ4n) is 2.79. The second-order valence-corrected chi connectivity index (χ2v) is 5.89. The number of nitrogens with one attached hydrogen (secondary N) is 2. The van der Waals surface area contributed by atoms with Gasteiger partial charge in [0.15, 0.2) is 0 Å². The van der Waals surface area contributed by atoms with E-state index in [2.05, 4.69) is 10.6 Å². The lowest BCUT2D eigenvalue weighted by molar-refractivity contribution is 0.0215. The largest absolute Gasteiger partial charge is 0.497 e. The normalized spacial score (nSPS) is 20.8. The molecule has 0 saturated carbocycles. The van der Waals surface area contributed by atoms with Gasteiger partial charge in [0, 0.05) is 6.04 Å². The molecule has 1 aliphatic rings. The van der Waals surface area contributed by atoms with E-state index in [-0.39, 0.29) is 18.6 Å². The number of rotatable bonds is 4. The van der Waals surface area contributed by atoms with E-state index in [9.17, 15) is 9.90 Å². The summed E-state index contributed by atoms with van der Waals surface area (Å²) in [6, 6.07) is 5.54. The smallest absolute Gasteiger partial charge is 0.315 e. The molecule has 0 aromatic heterocycles. The van der Waals surface area contributed by atoms with Crippen LogP contribution in [0, 0.1) is 0 Å². The average molecular weight is 292 g/mol. The Morgan fingerprint density at radius 3 is 2.90 bits per heavy atom. The molecule has 0 spiro atoms. The third-order valence-electron chi connectivity index (χ3n) is 3.81. The van der Waals surface area contributed by atoms with E-state index < -0.39 is 5.60 Å². The first-order valence-electron chi connectivity index (χ1n) is 7.39. The quantitative estimate of drug-likeness (QED) is 0.794. The van der Waals surface area contributed by atoms with Gasteiger partial charge >= 0.3 is 6.03 Å². The summed E-state index contributed by atoms with van der Waals surface area (Å²) < 4.78 is 5.23. The molecule has 3 N–H and O–H groups in total. The highest BCUT2D eigenvalue weighted by molar-refractivity contribution is 5.74. The maximum Gasteiger partial charge on any atom is 0.315 e. The zero-order valence-electron chi connectivity index (χ0n) is 12.9. The molecule has 0 aliphatic heterocycles. The molecule has 21 heavy (non-hydrogen) atoms. The molecular weight excluding hydrogens is 268 g/mol. The molecule has 1 aromatic rings.